The molecule has 36 heavy (non-hydrogen) atoms. The first-order valence-electron chi connectivity index (χ1n) is 10.3. The molecule has 0 aliphatic heterocycles. The Labute approximate surface area is 213 Å². The Balaban J connectivity index is 1.89. The minimum Gasteiger partial charge on any atom is -0.495 e. The van der Waals surface area contributed by atoms with Crippen LogP contribution >= 0.6 is 23.2 Å². The Morgan fingerprint density at radius 1 is 1.14 bits per heavy atom. The number of nitro groups is 1. The molecule has 1 N–H and O–H groups in total. The molecule has 2 aromatic carbocycles. The smallest absolute Gasteiger partial charge is 0.298 e. The van der Waals surface area contributed by atoms with Crippen molar-refractivity contribution in [3.05, 3.63) is 72.4 Å². The fourth-order valence-corrected chi connectivity index (χ4v) is 4.45. The van der Waals surface area contributed by atoms with Crippen LogP contribution in [-0.4, -0.2) is 33.7 Å². The summed E-state index contributed by atoms with van der Waals surface area (Å²) >= 11 is 13.0. The molecule has 0 amide bonds. The van der Waals surface area contributed by atoms with Crippen molar-refractivity contribution >= 4 is 51.6 Å². The molecule has 0 saturated heterocycles. The number of rotatable bonds is 6. The van der Waals surface area contributed by atoms with Crippen LogP contribution < -0.4 is 20.3 Å². The summed E-state index contributed by atoms with van der Waals surface area (Å²) in [7, 11) is 4.31. The topological polar surface area (TPSA) is 121 Å². The lowest BCUT2D eigenvalue weighted by molar-refractivity contribution is -0.384. The molecular formula is C23H18Cl2FN5O5. The van der Waals surface area contributed by atoms with Crippen molar-refractivity contribution < 1.29 is 18.8 Å². The van der Waals surface area contributed by atoms with E-state index in [9.17, 15) is 19.3 Å². The molecule has 0 bridgehead atoms. The Hall–Kier alpha value is -3.96. The second-order valence-electron chi connectivity index (χ2n) is 7.65. The van der Waals surface area contributed by atoms with Gasteiger partial charge in [0.05, 0.1) is 34.8 Å². The van der Waals surface area contributed by atoms with Crippen molar-refractivity contribution in [3.63, 3.8) is 0 Å². The molecule has 0 aliphatic carbocycles. The minimum atomic E-state index is -0.850. The average Bonchev–Trinajstić information content (AvgIpc) is 2.84. The van der Waals surface area contributed by atoms with Crippen LogP contribution in [0.25, 0.3) is 22.2 Å². The van der Waals surface area contributed by atoms with Crippen molar-refractivity contribution in [1.29, 1.82) is 0 Å². The standard InChI is InChI=1S/C23H18Cl2FN5O5/c1-10-5-6-13(26)19(20(10)31(33)34)28-23-27-9-11-7-12(22(32)30(2)21(11)29-23)16-17(24)14(35-3)8-15(36-4)18(16)25/h5-9H,1-4H3,(H,27,28,29). The highest BCUT2D eigenvalue weighted by molar-refractivity contribution is 6.41. The summed E-state index contributed by atoms with van der Waals surface area (Å²) in [6.07, 6.45) is 1.38. The summed E-state index contributed by atoms with van der Waals surface area (Å²) in [5.74, 6) is -0.478. The number of fused-ring (bicyclic) bond motifs is 1. The number of nitro benzene ring substituents is 1. The molecule has 0 saturated carbocycles. The van der Waals surface area contributed by atoms with Gasteiger partial charge in [0.2, 0.25) is 5.95 Å². The predicted molar refractivity (Wildman–Crippen MR) is 134 cm³/mol. The van der Waals surface area contributed by atoms with Crippen LogP contribution in [0.4, 0.5) is 21.7 Å². The first-order chi connectivity index (χ1) is 17.1. The summed E-state index contributed by atoms with van der Waals surface area (Å²) in [6, 6.07) is 5.41. The summed E-state index contributed by atoms with van der Waals surface area (Å²) in [6.45, 7) is 1.49. The Morgan fingerprint density at radius 2 is 1.78 bits per heavy atom. The average molecular weight is 534 g/mol. The van der Waals surface area contributed by atoms with Crippen LogP contribution in [0.15, 0.2) is 35.3 Å². The molecule has 10 nitrogen and oxygen atoms in total. The molecule has 4 aromatic rings. The quantitative estimate of drug-likeness (QED) is 0.257. The van der Waals surface area contributed by atoms with Gasteiger partial charge in [-0.1, -0.05) is 23.2 Å². The molecule has 186 valence electrons. The van der Waals surface area contributed by atoms with Gasteiger partial charge in [0, 0.05) is 35.8 Å². The number of ether oxygens (including phenoxy) is 2. The maximum absolute atomic E-state index is 14.5. The Kier molecular flexibility index (Phi) is 6.70. The van der Waals surface area contributed by atoms with Gasteiger partial charge in [-0.2, -0.15) is 4.98 Å². The van der Waals surface area contributed by atoms with E-state index < -0.39 is 22.0 Å². The van der Waals surface area contributed by atoms with Crippen LogP contribution in [-0.2, 0) is 7.05 Å². The third kappa shape index (κ3) is 4.16. The van der Waals surface area contributed by atoms with E-state index in [1.165, 1.54) is 57.2 Å². The van der Waals surface area contributed by atoms with Crippen LogP contribution in [0.1, 0.15) is 5.56 Å². The number of aryl methyl sites for hydroxylation is 2. The van der Waals surface area contributed by atoms with Gasteiger partial charge in [0.1, 0.15) is 17.1 Å². The van der Waals surface area contributed by atoms with E-state index in [0.717, 1.165) is 6.07 Å². The van der Waals surface area contributed by atoms with Crippen LogP contribution in [0.5, 0.6) is 11.5 Å². The van der Waals surface area contributed by atoms with Gasteiger partial charge in [0.25, 0.3) is 11.2 Å². The molecule has 0 unspecified atom stereocenters. The molecule has 2 aromatic heterocycles. The number of nitrogens with one attached hydrogen (secondary N) is 1. The fourth-order valence-electron chi connectivity index (χ4n) is 3.74. The second-order valence-corrected chi connectivity index (χ2v) is 8.40. The van der Waals surface area contributed by atoms with Gasteiger partial charge in [-0.25, -0.2) is 9.37 Å². The second kappa shape index (κ2) is 9.59. The normalized spacial score (nSPS) is 11.0. The highest BCUT2D eigenvalue weighted by Gasteiger charge is 2.24. The van der Waals surface area contributed by atoms with E-state index in [-0.39, 0.29) is 55.5 Å². The molecule has 0 fully saturated rings. The molecule has 4 rings (SSSR count). The predicted octanol–water partition coefficient (Wildman–Crippen LogP) is 5.42. The van der Waals surface area contributed by atoms with Crippen molar-refractivity contribution in [1.82, 2.24) is 14.5 Å². The van der Waals surface area contributed by atoms with Gasteiger partial charge in [-0.3, -0.25) is 19.5 Å². The highest BCUT2D eigenvalue weighted by Crippen LogP contribution is 2.45. The number of halogens is 3. The number of nitrogens with zero attached hydrogens (tertiary/aromatic N) is 4. The van der Waals surface area contributed by atoms with Gasteiger partial charge in [-0.15, -0.1) is 0 Å². The van der Waals surface area contributed by atoms with E-state index >= 15 is 0 Å². The maximum atomic E-state index is 14.5. The summed E-state index contributed by atoms with van der Waals surface area (Å²) in [5, 5.41) is 14.7. The molecule has 0 spiro atoms. The number of anilines is 2. The molecule has 13 heteroatoms. The highest BCUT2D eigenvalue weighted by atomic mass is 35.5. The lowest BCUT2D eigenvalue weighted by Gasteiger charge is -2.16. The van der Waals surface area contributed by atoms with E-state index in [1.54, 1.807) is 0 Å². The van der Waals surface area contributed by atoms with Crippen LogP contribution in [0.3, 0.4) is 0 Å². The van der Waals surface area contributed by atoms with Crippen molar-refractivity contribution in [2.75, 3.05) is 19.5 Å². The van der Waals surface area contributed by atoms with E-state index in [1.807, 2.05) is 0 Å². The first-order valence-corrected chi connectivity index (χ1v) is 11.0. The number of methoxy groups -OCH3 is 2. The summed E-state index contributed by atoms with van der Waals surface area (Å²) in [5.41, 5.74) is -0.553. The van der Waals surface area contributed by atoms with E-state index in [4.69, 9.17) is 32.7 Å². The zero-order valence-corrected chi connectivity index (χ0v) is 20.9. The Morgan fingerprint density at radius 3 is 2.36 bits per heavy atom. The summed E-state index contributed by atoms with van der Waals surface area (Å²) in [4.78, 5) is 32.6. The molecular weight excluding hydrogens is 516 g/mol. The number of hydrogen-bond donors (Lipinski definition) is 1. The van der Waals surface area contributed by atoms with Crippen molar-refractivity contribution in [2.45, 2.75) is 6.92 Å². The van der Waals surface area contributed by atoms with E-state index in [0.29, 0.717) is 5.39 Å². The van der Waals surface area contributed by atoms with Crippen molar-refractivity contribution in [2.24, 2.45) is 7.05 Å². The fraction of sp³-hybridized carbons (Fsp3) is 0.174. The zero-order valence-electron chi connectivity index (χ0n) is 19.4. The molecule has 0 radical (unpaired) electrons. The van der Waals surface area contributed by atoms with Gasteiger partial charge in [-0.05, 0) is 25.1 Å². The Bertz CT molecular complexity index is 1580. The largest absolute Gasteiger partial charge is 0.495 e. The first kappa shape index (κ1) is 25.1. The lowest BCUT2D eigenvalue weighted by Crippen LogP contribution is -2.20. The molecule has 2 heterocycles. The number of benzene rings is 2. The minimum absolute atomic E-state index is 0.112. The third-order valence-electron chi connectivity index (χ3n) is 5.54. The monoisotopic (exact) mass is 533 g/mol. The molecule has 0 atom stereocenters. The summed E-state index contributed by atoms with van der Waals surface area (Å²) < 4.78 is 26.3. The maximum Gasteiger partial charge on any atom is 0.298 e. The number of hydrogen-bond acceptors (Lipinski definition) is 8. The van der Waals surface area contributed by atoms with Crippen LogP contribution in [0.2, 0.25) is 10.0 Å². The SMILES string of the molecule is COc1cc(OC)c(Cl)c(-c2cc3cnc(Nc4c(F)ccc(C)c4[N+](=O)[O-])nc3n(C)c2=O)c1Cl. The van der Waals surface area contributed by atoms with Gasteiger partial charge < -0.3 is 14.8 Å². The number of aromatic nitrogens is 3. The molecule has 0 aliphatic rings. The zero-order chi connectivity index (χ0) is 26.3. The number of pyridine rings is 1. The lowest BCUT2D eigenvalue weighted by atomic mass is 10.0. The third-order valence-corrected chi connectivity index (χ3v) is 6.29. The van der Waals surface area contributed by atoms with Crippen LogP contribution in [0, 0.1) is 22.9 Å². The van der Waals surface area contributed by atoms with E-state index in [2.05, 4.69) is 15.3 Å². The van der Waals surface area contributed by atoms with Gasteiger partial charge in [0.15, 0.2) is 11.5 Å². The van der Waals surface area contributed by atoms with Gasteiger partial charge >= 0.3 is 0 Å². The van der Waals surface area contributed by atoms with Crippen molar-refractivity contribution in [3.8, 4) is 22.6 Å².